The van der Waals surface area contributed by atoms with Crippen LogP contribution in [-0.2, 0) is 4.79 Å². The number of carboxylic acids is 1. The van der Waals surface area contributed by atoms with Gasteiger partial charge < -0.3 is 15.3 Å². The molecule has 0 aliphatic heterocycles. The number of rotatable bonds is 5. The van der Waals surface area contributed by atoms with Gasteiger partial charge in [0.2, 0.25) is 0 Å². The first kappa shape index (κ1) is 14.8. The first-order valence-corrected chi connectivity index (χ1v) is 6.82. The van der Waals surface area contributed by atoms with E-state index >= 15 is 0 Å². The summed E-state index contributed by atoms with van der Waals surface area (Å²) in [6.45, 7) is 1.91. The largest absolute Gasteiger partial charge is 0.480 e. The lowest BCUT2D eigenvalue weighted by molar-refractivity contribution is -0.139. The third-order valence-corrected chi connectivity index (χ3v) is 3.62. The van der Waals surface area contributed by atoms with Crippen molar-refractivity contribution in [3.8, 4) is 0 Å². The molecule has 1 unspecified atom stereocenters. The van der Waals surface area contributed by atoms with Crippen molar-refractivity contribution in [1.82, 2.24) is 10.2 Å². The number of amides is 2. The number of nitrogens with one attached hydrogen (secondary N) is 1. The minimum absolute atomic E-state index is 0.259. The summed E-state index contributed by atoms with van der Waals surface area (Å²) in [5, 5.41) is 11.6. The van der Waals surface area contributed by atoms with Crippen LogP contribution in [0.3, 0.4) is 0 Å². The zero-order valence-corrected chi connectivity index (χ0v) is 11.3. The van der Waals surface area contributed by atoms with Gasteiger partial charge in [0.25, 0.3) is 0 Å². The molecule has 1 atom stereocenters. The van der Waals surface area contributed by atoms with Gasteiger partial charge in [0.05, 0.1) is 0 Å². The highest BCUT2D eigenvalue weighted by molar-refractivity contribution is 5.82. The van der Waals surface area contributed by atoms with E-state index in [1.54, 1.807) is 11.9 Å². The van der Waals surface area contributed by atoms with Gasteiger partial charge in [-0.2, -0.15) is 0 Å². The van der Waals surface area contributed by atoms with Crippen molar-refractivity contribution in [2.45, 2.75) is 64.0 Å². The Morgan fingerprint density at radius 3 is 2.44 bits per heavy atom. The van der Waals surface area contributed by atoms with Crippen LogP contribution in [0.4, 0.5) is 4.79 Å². The van der Waals surface area contributed by atoms with Gasteiger partial charge >= 0.3 is 12.0 Å². The van der Waals surface area contributed by atoms with Gasteiger partial charge in [-0.15, -0.1) is 0 Å². The standard InChI is InChI=1S/C13H24N2O3/c1-3-7-11(12(16)17)14-13(18)15(2)10-8-5-4-6-9-10/h10-11H,3-9H2,1-2H3,(H,14,18)(H,16,17). The number of carboxylic acid groups (broad SMARTS) is 1. The Hall–Kier alpha value is -1.26. The first-order chi connectivity index (χ1) is 8.56. The van der Waals surface area contributed by atoms with E-state index in [0.29, 0.717) is 6.42 Å². The van der Waals surface area contributed by atoms with Crippen LogP contribution in [0.15, 0.2) is 0 Å². The van der Waals surface area contributed by atoms with Crippen molar-refractivity contribution in [1.29, 1.82) is 0 Å². The molecule has 0 saturated heterocycles. The van der Waals surface area contributed by atoms with Crippen LogP contribution in [0.25, 0.3) is 0 Å². The number of aliphatic carboxylic acids is 1. The van der Waals surface area contributed by atoms with E-state index in [9.17, 15) is 9.59 Å². The van der Waals surface area contributed by atoms with Crippen LogP contribution in [0.2, 0.25) is 0 Å². The lowest BCUT2D eigenvalue weighted by Gasteiger charge is -2.32. The molecule has 104 valence electrons. The molecular weight excluding hydrogens is 232 g/mol. The Morgan fingerprint density at radius 2 is 1.94 bits per heavy atom. The molecular formula is C13H24N2O3. The van der Waals surface area contributed by atoms with Crippen molar-refractivity contribution < 1.29 is 14.7 Å². The predicted molar refractivity (Wildman–Crippen MR) is 69.5 cm³/mol. The van der Waals surface area contributed by atoms with Crippen molar-refractivity contribution in [2.75, 3.05) is 7.05 Å². The maximum atomic E-state index is 12.0. The number of carbonyl (C=O) groups is 2. The summed E-state index contributed by atoms with van der Waals surface area (Å²) in [4.78, 5) is 24.6. The summed E-state index contributed by atoms with van der Waals surface area (Å²) in [6.07, 6.45) is 6.80. The second-order valence-corrected chi connectivity index (χ2v) is 5.03. The summed E-state index contributed by atoms with van der Waals surface area (Å²) in [6, 6.07) is -0.772. The molecule has 1 fully saturated rings. The van der Waals surface area contributed by atoms with Gasteiger partial charge in [0.15, 0.2) is 0 Å². The van der Waals surface area contributed by atoms with E-state index in [2.05, 4.69) is 5.32 Å². The third kappa shape index (κ3) is 4.20. The highest BCUT2D eigenvalue weighted by Gasteiger charge is 2.25. The average molecular weight is 256 g/mol. The van der Waals surface area contributed by atoms with Gasteiger partial charge in [-0.1, -0.05) is 32.6 Å². The molecule has 5 nitrogen and oxygen atoms in total. The van der Waals surface area contributed by atoms with Crippen LogP contribution in [0, 0.1) is 0 Å². The summed E-state index contributed by atoms with van der Waals surface area (Å²) in [5.74, 6) is -0.956. The smallest absolute Gasteiger partial charge is 0.326 e. The molecule has 2 N–H and O–H groups in total. The van der Waals surface area contributed by atoms with E-state index in [4.69, 9.17) is 5.11 Å². The second-order valence-electron chi connectivity index (χ2n) is 5.03. The second kappa shape index (κ2) is 7.24. The van der Waals surface area contributed by atoms with Gasteiger partial charge in [-0.3, -0.25) is 0 Å². The van der Waals surface area contributed by atoms with E-state index in [1.165, 1.54) is 6.42 Å². The Kier molecular flexibility index (Phi) is 5.95. The normalized spacial score (nSPS) is 18.1. The number of nitrogens with zero attached hydrogens (tertiary/aromatic N) is 1. The fraction of sp³-hybridized carbons (Fsp3) is 0.846. The Morgan fingerprint density at radius 1 is 1.33 bits per heavy atom. The van der Waals surface area contributed by atoms with Gasteiger partial charge in [-0.05, 0) is 19.3 Å². The van der Waals surface area contributed by atoms with Crippen LogP contribution < -0.4 is 5.32 Å². The molecule has 1 aliphatic carbocycles. The Balaban J connectivity index is 2.48. The Labute approximate surface area is 109 Å². The molecule has 0 spiro atoms. The van der Waals surface area contributed by atoms with E-state index in [1.807, 2.05) is 6.92 Å². The third-order valence-electron chi connectivity index (χ3n) is 3.62. The highest BCUT2D eigenvalue weighted by atomic mass is 16.4. The summed E-state index contributed by atoms with van der Waals surface area (Å²) >= 11 is 0. The number of hydrogen-bond donors (Lipinski definition) is 2. The van der Waals surface area contributed by atoms with Crippen LogP contribution in [-0.4, -0.2) is 41.1 Å². The monoisotopic (exact) mass is 256 g/mol. The van der Waals surface area contributed by atoms with Crippen molar-refractivity contribution in [2.24, 2.45) is 0 Å². The maximum Gasteiger partial charge on any atom is 0.326 e. The summed E-state index contributed by atoms with van der Waals surface area (Å²) in [5.41, 5.74) is 0. The van der Waals surface area contributed by atoms with Crippen LogP contribution in [0.5, 0.6) is 0 Å². The molecule has 1 saturated carbocycles. The topological polar surface area (TPSA) is 69.6 Å². The molecule has 5 heteroatoms. The predicted octanol–water partition coefficient (Wildman–Crippen LogP) is 2.21. The van der Waals surface area contributed by atoms with Gasteiger partial charge in [0, 0.05) is 13.1 Å². The summed E-state index contributed by atoms with van der Waals surface area (Å²) < 4.78 is 0. The lowest BCUT2D eigenvalue weighted by atomic mass is 9.95. The van der Waals surface area contributed by atoms with Crippen LogP contribution in [0.1, 0.15) is 51.9 Å². The van der Waals surface area contributed by atoms with Crippen molar-refractivity contribution >= 4 is 12.0 Å². The van der Waals surface area contributed by atoms with Crippen LogP contribution >= 0.6 is 0 Å². The number of carbonyl (C=O) groups excluding carboxylic acids is 1. The van der Waals surface area contributed by atoms with Gasteiger partial charge in [-0.25, -0.2) is 9.59 Å². The quantitative estimate of drug-likeness (QED) is 0.792. The minimum Gasteiger partial charge on any atom is -0.480 e. The minimum atomic E-state index is -0.956. The lowest BCUT2D eigenvalue weighted by Crippen LogP contribution is -2.50. The maximum absolute atomic E-state index is 12.0. The fourth-order valence-electron chi connectivity index (χ4n) is 2.43. The van der Waals surface area contributed by atoms with E-state index in [0.717, 1.165) is 32.1 Å². The van der Waals surface area contributed by atoms with Gasteiger partial charge in [0.1, 0.15) is 6.04 Å². The molecule has 1 rings (SSSR count). The number of urea groups is 1. The summed E-state index contributed by atoms with van der Waals surface area (Å²) in [7, 11) is 1.76. The molecule has 0 radical (unpaired) electrons. The molecule has 0 aromatic rings. The zero-order valence-electron chi connectivity index (χ0n) is 11.3. The molecule has 18 heavy (non-hydrogen) atoms. The highest BCUT2D eigenvalue weighted by Crippen LogP contribution is 2.21. The Bertz CT molecular complexity index is 288. The molecule has 0 aromatic carbocycles. The molecule has 1 aliphatic rings. The van der Waals surface area contributed by atoms with Crippen molar-refractivity contribution in [3.63, 3.8) is 0 Å². The molecule has 0 bridgehead atoms. The molecule has 0 aromatic heterocycles. The van der Waals surface area contributed by atoms with Crippen molar-refractivity contribution in [3.05, 3.63) is 0 Å². The number of hydrogen-bond acceptors (Lipinski definition) is 2. The molecule has 0 heterocycles. The van der Waals surface area contributed by atoms with E-state index in [-0.39, 0.29) is 12.1 Å². The molecule has 2 amide bonds. The zero-order chi connectivity index (χ0) is 13.5. The average Bonchev–Trinajstić information content (AvgIpc) is 2.38. The fourth-order valence-corrected chi connectivity index (χ4v) is 2.43. The SMILES string of the molecule is CCCC(NC(=O)N(C)C1CCCCC1)C(=O)O. The van der Waals surface area contributed by atoms with E-state index < -0.39 is 12.0 Å². The first-order valence-electron chi connectivity index (χ1n) is 6.82.